The van der Waals surface area contributed by atoms with E-state index in [-0.39, 0.29) is 24.7 Å². The highest BCUT2D eigenvalue weighted by Gasteiger charge is 2.32. The maximum absolute atomic E-state index is 12.3. The highest BCUT2D eigenvalue weighted by Crippen LogP contribution is 2.50. The minimum atomic E-state index is -1.00. The molecule has 0 unspecified atom stereocenters. The van der Waals surface area contributed by atoms with Crippen molar-refractivity contribution in [1.82, 2.24) is 4.57 Å². The van der Waals surface area contributed by atoms with Gasteiger partial charge in [-0.2, -0.15) is 0 Å². The summed E-state index contributed by atoms with van der Waals surface area (Å²) in [4.78, 5) is 24.6. The lowest BCUT2D eigenvalue weighted by molar-refractivity contribution is -0.132. The number of Topliss-reactive ketones (excluding diaryl/α,β-unsaturated/α-hetero) is 1. The summed E-state index contributed by atoms with van der Waals surface area (Å²) in [5.74, 6) is 0.165. The van der Waals surface area contributed by atoms with E-state index in [0.29, 0.717) is 23.0 Å². The van der Waals surface area contributed by atoms with Gasteiger partial charge in [-0.1, -0.05) is 31.4 Å². The first-order chi connectivity index (χ1) is 16.6. The van der Waals surface area contributed by atoms with Crippen molar-refractivity contribution >= 4 is 28.7 Å². The molecule has 1 aliphatic carbocycles. The Morgan fingerprint density at radius 3 is 2.65 bits per heavy atom. The molecule has 0 radical (unpaired) electrons. The Morgan fingerprint density at radius 1 is 1.06 bits per heavy atom. The number of aliphatic carboxylic acids is 1. The average molecular weight is 459 g/mol. The molecule has 7 nitrogen and oxygen atoms in total. The lowest BCUT2D eigenvalue weighted by Gasteiger charge is -2.24. The minimum absolute atomic E-state index is 0.104. The maximum Gasteiger partial charge on any atom is 0.333 e. The summed E-state index contributed by atoms with van der Waals surface area (Å²) in [5.41, 5.74) is 5.28. The van der Waals surface area contributed by atoms with Gasteiger partial charge in [0.05, 0.1) is 17.8 Å². The van der Waals surface area contributed by atoms with E-state index < -0.39 is 12.6 Å². The molecular weight excluding hydrogens is 434 g/mol. The number of nitrogens with zero attached hydrogens (tertiary/aromatic N) is 1. The molecule has 0 saturated heterocycles. The van der Waals surface area contributed by atoms with Crippen LogP contribution in [0, 0.1) is 0 Å². The van der Waals surface area contributed by atoms with Crippen LogP contribution in [0.5, 0.6) is 11.5 Å². The summed E-state index contributed by atoms with van der Waals surface area (Å²) in [7, 11) is 0. The number of carbonyl (C=O) groups is 2. The first kappa shape index (κ1) is 21.0. The summed E-state index contributed by atoms with van der Waals surface area (Å²) in [6, 6.07) is 9.39. The molecule has 34 heavy (non-hydrogen) atoms. The van der Waals surface area contributed by atoms with Gasteiger partial charge in [-0.3, -0.25) is 4.79 Å². The van der Waals surface area contributed by atoms with Crippen molar-refractivity contribution in [2.45, 2.75) is 44.6 Å². The number of ketones is 1. The normalized spacial score (nSPS) is 17.1. The number of carboxylic acids is 1. The molecule has 3 aliphatic rings. The van der Waals surface area contributed by atoms with E-state index >= 15 is 0 Å². The lowest BCUT2D eigenvalue weighted by atomic mass is 9.81. The third-order valence-corrected chi connectivity index (χ3v) is 7.34. The quantitative estimate of drug-likeness (QED) is 0.547. The van der Waals surface area contributed by atoms with E-state index in [9.17, 15) is 19.8 Å². The van der Waals surface area contributed by atoms with Crippen molar-refractivity contribution in [3.05, 3.63) is 52.6 Å². The third kappa shape index (κ3) is 3.15. The molecule has 1 aromatic heterocycles. The van der Waals surface area contributed by atoms with Crippen LogP contribution >= 0.6 is 0 Å². The maximum atomic E-state index is 12.3. The smallest absolute Gasteiger partial charge is 0.333 e. The van der Waals surface area contributed by atoms with Crippen molar-refractivity contribution in [3.63, 3.8) is 0 Å². The number of rotatable bonds is 4. The van der Waals surface area contributed by atoms with Crippen LogP contribution in [0.3, 0.4) is 0 Å². The summed E-state index contributed by atoms with van der Waals surface area (Å²) in [6.45, 7) is -0.302. The topological polar surface area (TPSA) is 98.0 Å². The van der Waals surface area contributed by atoms with Crippen LogP contribution in [0.4, 0.5) is 0 Å². The lowest BCUT2D eigenvalue weighted by Crippen LogP contribution is -2.10. The first-order valence-electron chi connectivity index (χ1n) is 11.7. The van der Waals surface area contributed by atoms with E-state index in [1.165, 1.54) is 12.0 Å². The van der Waals surface area contributed by atoms with Gasteiger partial charge in [0.15, 0.2) is 17.3 Å². The molecule has 7 heteroatoms. The number of ether oxygens (including phenoxy) is 2. The molecule has 1 fully saturated rings. The van der Waals surface area contributed by atoms with Crippen LogP contribution in [-0.4, -0.2) is 39.9 Å². The van der Waals surface area contributed by atoms with E-state index in [2.05, 4.69) is 0 Å². The largest absolute Gasteiger partial charge is 0.478 e. The van der Waals surface area contributed by atoms with E-state index in [1.807, 2.05) is 22.8 Å². The van der Waals surface area contributed by atoms with Gasteiger partial charge in [0.1, 0.15) is 6.61 Å². The molecule has 3 aromatic rings. The Balaban J connectivity index is 1.70. The molecule has 3 heterocycles. The molecule has 0 amide bonds. The van der Waals surface area contributed by atoms with Crippen LogP contribution in [0.2, 0.25) is 0 Å². The molecule has 174 valence electrons. The van der Waals surface area contributed by atoms with Crippen molar-refractivity contribution in [1.29, 1.82) is 0 Å². The zero-order valence-electron chi connectivity index (χ0n) is 18.7. The number of carbonyl (C=O) groups excluding carboxylic acids is 1. The zero-order chi connectivity index (χ0) is 23.4. The van der Waals surface area contributed by atoms with Crippen molar-refractivity contribution in [3.8, 4) is 22.8 Å². The second-order valence-electron chi connectivity index (χ2n) is 9.23. The van der Waals surface area contributed by atoms with Gasteiger partial charge in [-0.25, -0.2) is 4.79 Å². The molecule has 2 aromatic carbocycles. The molecule has 6 rings (SSSR count). The number of aliphatic hydroxyl groups is 1. The van der Waals surface area contributed by atoms with Crippen molar-refractivity contribution in [2.24, 2.45) is 0 Å². The highest BCUT2D eigenvalue weighted by molar-refractivity contribution is 6.04. The SMILES string of the molecule is O=C(O)C1=Cc2c(ccc3c2OCO3)-c2c(C3CCCCC3)c3ccc(C(=O)CO)cc3n2C1. The minimum Gasteiger partial charge on any atom is -0.478 e. The summed E-state index contributed by atoms with van der Waals surface area (Å²) in [6.07, 6.45) is 7.37. The second-order valence-corrected chi connectivity index (χ2v) is 9.23. The Hall–Kier alpha value is -3.58. The van der Waals surface area contributed by atoms with Gasteiger partial charge in [0.25, 0.3) is 0 Å². The fraction of sp³-hybridized carbons (Fsp3) is 0.333. The fourth-order valence-corrected chi connectivity index (χ4v) is 5.76. The number of carboxylic acid groups (broad SMARTS) is 1. The summed E-state index contributed by atoms with van der Waals surface area (Å²) in [5, 5.41) is 20.5. The predicted octanol–water partition coefficient (Wildman–Crippen LogP) is 4.74. The molecule has 0 atom stereocenters. The number of aliphatic hydroxyl groups excluding tert-OH is 1. The van der Waals surface area contributed by atoms with Gasteiger partial charge in [0, 0.05) is 27.6 Å². The molecule has 0 spiro atoms. The molecule has 0 bridgehead atoms. The molecule has 1 saturated carbocycles. The van der Waals surface area contributed by atoms with Gasteiger partial charge < -0.3 is 24.3 Å². The van der Waals surface area contributed by atoms with Crippen LogP contribution < -0.4 is 9.47 Å². The standard InChI is InChI=1S/C27H25NO6/c29-13-22(30)16-6-7-19-21(11-16)28-12-17(27(31)32)10-20-18(8-9-23-26(20)34-14-33-23)25(28)24(19)15-4-2-1-3-5-15/h6-11,15,29H,1-5,12-14H2,(H,31,32). The van der Waals surface area contributed by atoms with E-state index in [0.717, 1.165) is 53.4 Å². The van der Waals surface area contributed by atoms with Crippen LogP contribution in [0.15, 0.2) is 35.9 Å². The Morgan fingerprint density at radius 2 is 1.88 bits per heavy atom. The number of benzene rings is 2. The predicted molar refractivity (Wildman–Crippen MR) is 126 cm³/mol. The second kappa shape index (κ2) is 8.02. The number of hydrogen-bond acceptors (Lipinski definition) is 5. The van der Waals surface area contributed by atoms with Crippen LogP contribution in [-0.2, 0) is 11.3 Å². The average Bonchev–Trinajstić information content (AvgIpc) is 3.41. The Labute approximate surface area is 196 Å². The zero-order valence-corrected chi connectivity index (χ0v) is 18.7. The van der Waals surface area contributed by atoms with Crippen molar-refractivity contribution in [2.75, 3.05) is 13.4 Å². The number of hydrogen-bond donors (Lipinski definition) is 2. The monoisotopic (exact) mass is 459 g/mol. The van der Waals surface area contributed by atoms with Crippen LogP contribution in [0.25, 0.3) is 28.2 Å². The summed E-state index contributed by atoms with van der Waals surface area (Å²) < 4.78 is 13.4. The highest BCUT2D eigenvalue weighted by atomic mass is 16.7. The molecule has 2 N–H and O–H groups in total. The van der Waals surface area contributed by atoms with Crippen molar-refractivity contribution < 1.29 is 29.3 Å². The molecular formula is C27H25NO6. The first-order valence-corrected chi connectivity index (χ1v) is 11.7. The fourth-order valence-electron chi connectivity index (χ4n) is 5.76. The van der Waals surface area contributed by atoms with Gasteiger partial charge >= 0.3 is 5.97 Å². The van der Waals surface area contributed by atoms with Gasteiger partial charge in [0.2, 0.25) is 6.79 Å². The number of fused-ring (bicyclic) bond motifs is 7. The number of aromatic nitrogens is 1. The van der Waals surface area contributed by atoms with E-state index in [1.54, 1.807) is 18.2 Å². The third-order valence-electron chi connectivity index (χ3n) is 7.34. The Kier molecular flexibility index (Phi) is 4.95. The van der Waals surface area contributed by atoms with Gasteiger partial charge in [-0.05, 0) is 48.6 Å². The van der Waals surface area contributed by atoms with E-state index in [4.69, 9.17) is 9.47 Å². The Bertz CT molecular complexity index is 1380. The summed E-state index contributed by atoms with van der Waals surface area (Å²) >= 11 is 0. The molecule has 2 aliphatic heterocycles. The van der Waals surface area contributed by atoms with Gasteiger partial charge in [-0.15, -0.1) is 0 Å². The van der Waals surface area contributed by atoms with Crippen LogP contribution in [0.1, 0.15) is 59.5 Å².